The molecule has 1 nitrogen and oxygen atoms in total. The zero-order valence-corrected chi connectivity index (χ0v) is 12.0. The number of rotatable bonds is 6. The van der Waals surface area contributed by atoms with Crippen molar-refractivity contribution in [1.82, 2.24) is 5.32 Å². The van der Waals surface area contributed by atoms with E-state index < -0.39 is 0 Å². The van der Waals surface area contributed by atoms with E-state index in [2.05, 4.69) is 60.9 Å². The first-order valence-corrected chi connectivity index (χ1v) is 7.47. The van der Waals surface area contributed by atoms with E-state index in [4.69, 9.17) is 0 Å². The predicted molar refractivity (Wildman–Crippen MR) is 80.4 cm³/mol. The van der Waals surface area contributed by atoms with Gasteiger partial charge in [-0.1, -0.05) is 42.8 Å². The van der Waals surface area contributed by atoms with Crippen LogP contribution >= 0.6 is 11.3 Å². The highest BCUT2D eigenvalue weighted by Gasteiger charge is 2.10. The summed E-state index contributed by atoms with van der Waals surface area (Å²) >= 11 is 1.85. The van der Waals surface area contributed by atoms with Crippen LogP contribution in [0, 0.1) is 6.92 Å². The van der Waals surface area contributed by atoms with Gasteiger partial charge >= 0.3 is 0 Å². The third kappa shape index (κ3) is 3.97. The monoisotopic (exact) mass is 259 g/mol. The molecule has 1 aromatic heterocycles. The van der Waals surface area contributed by atoms with Crippen LogP contribution in [0.25, 0.3) is 0 Å². The van der Waals surface area contributed by atoms with Crippen LogP contribution in [0.4, 0.5) is 0 Å². The number of aryl methyl sites for hydroxylation is 1. The summed E-state index contributed by atoms with van der Waals surface area (Å²) in [7, 11) is 0. The molecule has 2 heteroatoms. The summed E-state index contributed by atoms with van der Waals surface area (Å²) < 4.78 is 0. The molecule has 1 N–H and O–H groups in total. The first-order chi connectivity index (χ1) is 8.78. The fourth-order valence-corrected chi connectivity index (χ4v) is 2.97. The lowest BCUT2D eigenvalue weighted by Gasteiger charge is -2.17. The number of benzene rings is 1. The zero-order valence-electron chi connectivity index (χ0n) is 11.1. The molecule has 0 spiro atoms. The van der Waals surface area contributed by atoms with Gasteiger partial charge in [-0.25, -0.2) is 0 Å². The van der Waals surface area contributed by atoms with E-state index in [0.29, 0.717) is 6.04 Å². The summed E-state index contributed by atoms with van der Waals surface area (Å²) in [6.45, 7) is 5.34. The van der Waals surface area contributed by atoms with Crippen molar-refractivity contribution >= 4 is 11.3 Å². The van der Waals surface area contributed by atoms with E-state index in [1.165, 1.54) is 16.0 Å². The Morgan fingerprint density at radius 1 is 1.11 bits per heavy atom. The molecule has 0 aliphatic carbocycles. The number of hydrogen-bond acceptors (Lipinski definition) is 2. The maximum atomic E-state index is 3.59. The van der Waals surface area contributed by atoms with Crippen molar-refractivity contribution in [3.8, 4) is 0 Å². The van der Waals surface area contributed by atoms with Gasteiger partial charge in [-0.2, -0.15) is 0 Å². The second kappa shape index (κ2) is 6.72. The summed E-state index contributed by atoms with van der Waals surface area (Å²) in [5, 5.41) is 5.75. The van der Waals surface area contributed by atoms with Crippen molar-refractivity contribution in [2.24, 2.45) is 0 Å². The minimum absolute atomic E-state index is 0.538. The van der Waals surface area contributed by atoms with Crippen molar-refractivity contribution < 1.29 is 0 Å². The predicted octanol–water partition coefficient (Wildman–Crippen LogP) is 3.82. The van der Waals surface area contributed by atoms with Crippen LogP contribution in [0.2, 0.25) is 0 Å². The first kappa shape index (κ1) is 13.3. The average Bonchev–Trinajstić information content (AvgIpc) is 2.85. The average molecular weight is 259 g/mol. The number of thiophene rings is 1. The van der Waals surface area contributed by atoms with Gasteiger partial charge in [0.15, 0.2) is 0 Å². The van der Waals surface area contributed by atoms with Crippen molar-refractivity contribution in [3.05, 3.63) is 57.8 Å². The summed E-state index contributed by atoms with van der Waals surface area (Å²) in [4.78, 5) is 1.47. The molecule has 1 unspecified atom stereocenters. The molecule has 0 saturated heterocycles. The van der Waals surface area contributed by atoms with Crippen LogP contribution in [-0.2, 0) is 12.8 Å². The second-order valence-corrected chi connectivity index (χ2v) is 5.76. The van der Waals surface area contributed by atoms with Crippen LogP contribution in [-0.4, -0.2) is 12.6 Å². The summed E-state index contributed by atoms with van der Waals surface area (Å²) in [5.74, 6) is 0. The smallest absolute Gasteiger partial charge is 0.0156 e. The Kier molecular flexibility index (Phi) is 4.97. The Balaban J connectivity index is 1.99. The van der Waals surface area contributed by atoms with Crippen LogP contribution in [0.3, 0.4) is 0 Å². The largest absolute Gasteiger partial charge is 0.314 e. The fourth-order valence-electron chi connectivity index (χ4n) is 2.19. The zero-order chi connectivity index (χ0) is 12.8. The summed E-state index contributed by atoms with van der Waals surface area (Å²) in [6.07, 6.45) is 2.23. The molecule has 0 aliphatic heterocycles. The van der Waals surface area contributed by atoms with E-state index in [1.54, 1.807) is 0 Å². The lowest BCUT2D eigenvalue weighted by Crippen LogP contribution is -2.32. The normalized spacial score (nSPS) is 12.6. The number of nitrogens with one attached hydrogen (secondary N) is 1. The van der Waals surface area contributed by atoms with Crippen LogP contribution < -0.4 is 5.32 Å². The SMILES string of the molecule is CCNC(Cc1ccc(C)cc1)Cc1cccs1. The molecule has 0 bridgehead atoms. The van der Waals surface area contributed by atoms with Gasteiger partial charge in [0, 0.05) is 10.9 Å². The van der Waals surface area contributed by atoms with E-state index in [9.17, 15) is 0 Å². The molecular formula is C16H21NS. The minimum Gasteiger partial charge on any atom is -0.314 e. The maximum absolute atomic E-state index is 3.59. The molecule has 0 fully saturated rings. The third-order valence-corrected chi connectivity index (χ3v) is 4.02. The molecule has 1 heterocycles. The van der Waals surface area contributed by atoms with Crippen molar-refractivity contribution in [2.45, 2.75) is 32.7 Å². The van der Waals surface area contributed by atoms with Crippen molar-refractivity contribution in [1.29, 1.82) is 0 Å². The quantitative estimate of drug-likeness (QED) is 0.831. The van der Waals surface area contributed by atoms with E-state index in [-0.39, 0.29) is 0 Å². The van der Waals surface area contributed by atoms with Gasteiger partial charge in [0.2, 0.25) is 0 Å². The lowest BCUT2D eigenvalue weighted by atomic mass is 10.0. The molecule has 2 aromatic rings. The number of hydrogen-bond donors (Lipinski definition) is 1. The Bertz CT molecular complexity index is 444. The van der Waals surface area contributed by atoms with Gasteiger partial charge in [-0.05, 0) is 43.3 Å². The fraction of sp³-hybridized carbons (Fsp3) is 0.375. The third-order valence-electron chi connectivity index (χ3n) is 3.12. The van der Waals surface area contributed by atoms with Gasteiger partial charge in [0.25, 0.3) is 0 Å². The topological polar surface area (TPSA) is 12.0 Å². The second-order valence-electron chi connectivity index (χ2n) is 4.73. The van der Waals surface area contributed by atoms with Gasteiger partial charge in [0.1, 0.15) is 0 Å². The van der Waals surface area contributed by atoms with Crippen molar-refractivity contribution in [2.75, 3.05) is 6.54 Å². The van der Waals surface area contributed by atoms with E-state index >= 15 is 0 Å². The number of likely N-dealkylation sites (N-methyl/N-ethyl adjacent to an activating group) is 1. The molecule has 0 amide bonds. The van der Waals surface area contributed by atoms with E-state index in [1.807, 2.05) is 11.3 Å². The molecule has 0 saturated carbocycles. The highest BCUT2D eigenvalue weighted by Crippen LogP contribution is 2.14. The van der Waals surface area contributed by atoms with Crippen LogP contribution in [0.1, 0.15) is 22.9 Å². The molecule has 1 atom stereocenters. The minimum atomic E-state index is 0.538. The Morgan fingerprint density at radius 3 is 2.50 bits per heavy atom. The lowest BCUT2D eigenvalue weighted by molar-refractivity contribution is 0.524. The molecule has 18 heavy (non-hydrogen) atoms. The molecule has 0 radical (unpaired) electrons. The summed E-state index contributed by atoms with van der Waals surface area (Å²) in [5.41, 5.74) is 2.75. The summed E-state index contributed by atoms with van der Waals surface area (Å²) in [6, 6.07) is 13.8. The molecular weight excluding hydrogens is 238 g/mol. The standard InChI is InChI=1S/C16H21NS/c1-3-17-15(12-16-5-4-10-18-16)11-14-8-6-13(2)7-9-14/h4-10,15,17H,3,11-12H2,1-2H3. The van der Waals surface area contributed by atoms with Crippen LogP contribution in [0.15, 0.2) is 41.8 Å². The Morgan fingerprint density at radius 2 is 1.89 bits per heavy atom. The van der Waals surface area contributed by atoms with E-state index in [0.717, 1.165) is 19.4 Å². The first-order valence-electron chi connectivity index (χ1n) is 6.59. The Labute approximate surface area is 114 Å². The highest BCUT2D eigenvalue weighted by atomic mass is 32.1. The van der Waals surface area contributed by atoms with Gasteiger partial charge in [0.05, 0.1) is 0 Å². The highest BCUT2D eigenvalue weighted by molar-refractivity contribution is 7.09. The van der Waals surface area contributed by atoms with Crippen LogP contribution in [0.5, 0.6) is 0 Å². The maximum Gasteiger partial charge on any atom is 0.0156 e. The van der Waals surface area contributed by atoms with Crippen molar-refractivity contribution in [3.63, 3.8) is 0 Å². The molecule has 96 valence electrons. The van der Waals surface area contributed by atoms with Gasteiger partial charge in [-0.15, -0.1) is 11.3 Å². The molecule has 0 aliphatic rings. The molecule has 1 aromatic carbocycles. The Hall–Kier alpha value is -1.12. The van der Waals surface area contributed by atoms with Gasteiger partial charge in [-0.3, -0.25) is 0 Å². The molecule has 2 rings (SSSR count). The van der Waals surface area contributed by atoms with Gasteiger partial charge < -0.3 is 5.32 Å².